The second-order valence-corrected chi connectivity index (χ2v) is 4.87. The monoisotopic (exact) mass is 255 g/mol. The zero-order valence-electron chi connectivity index (χ0n) is 9.33. The van der Waals surface area contributed by atoms with Gasteiger partial charge in [0, 0.05) is 5.56 Å². The van der Waals surface area contributed by atoms with Crippen LogP contribution in [0.3, 0.4) is 0 Å². The molecule has 0 atom stereocenters. The van der Waals surface area contributed by atoms with E-state index in [4.69, 9.17) is 5.11 Å². The molecule has 0 bridgehead atoms. The van der Waals surface area contributed by atoms with Crippen LogP contribution in [0.5, 0.6) is 0 Å². The summed E-state index contributed by atoms with van der Waals surface area (Å²) in [7, 11) is 0. The van der Waals surface area contributed by atoms with Gasteiger partial charge in [-0.1, -0.05) is 42.5 Å². The second-order valence-electron chi connectivity index (χ2n) is 3.84. The predicted octanol–water partition coefficient (Wildman–Crippen LogP) is 3.66. The first-order valence-corrected chi connectivity index (χ1v) is 6.25. The van der Waals surface area contributed by atoms with Gasteiger partial charge in [-0.2, -0.15) is 0 Å². The van der Waals surface area contributed by atoms with Crippen molar-refractivity contribution in [3.63, 3.8) is 0 Å². The number of aromatic carboxylic acids is 1. The average molecular weight is 255 g/mol. The summed E-state index contributed by atoms with van der Waals surface area (Å²) in [6, 6.07) is 15.6. The van der Waals surface area contributed by atoms with Crippen LogP contribution in [-0.4, -0.2) is 16.1 Å². The number of para-hydroxylation sites is 1. The van der Waals surface area contributed by atoms with E-state index < -0.39 is 5.97 Å². The number of nitrogens with zero attached hydrogens (tertiary/aromatic N) is 1. The molecule has 3 nitrogen and oxygen atoms in total. The van der Waals surface area contributed by atoms with E-state index in [9.17, 15) is 4.79 Å². The number of fused-ring (bicyclic) bond motifs is 1. The predicted molar refractivity (Wildman–Crippen MR) is 72.0 cm³/mol. The molecule has 0 unspecified atom stereocenters. The maximum Gasteiger partial charge on any atom is 0.365 e. The van der Waals surface area contributed by atoms with Crippen molar-refractivity contribution in [2.45, 2.75) is 0 Å². The van der Waals surface area contributed by atoms with Crippen LogP contribution in [-0.2, 0) is 0 Å². The lowest BCUT2D eigenvalue weighted by Gasteiger charge is -2.01. The first kappa shape index (κ1) is 10.9. The van der Waals surface area contributed by atoms with Gasteiger partial charge in [0.25, 0.3) is 0 Å². The number of aromatic nitrogens is 1. The van der Waals surface area contributed by atoms with Crippen LogP contribution in [0.15, 0.2) is 48.5 Å². The molecule has 0 fully saturated rings. The number of benzene rings is 2. The normalized spacial score (nSPS) is 10.7. The van der Waals surface area contributed by atoms with Crippen molar-refractivity contribution in [3.8, 4) is 11.1 Å². The van der Waals surface area contributed by atoms with Crippen molar-refractivity contribution in [1.82, 2.24) is 4.98 Å². The molecule has 4 heteroatoms. The minimum Gasteiger partial charge on any atom is -0.476 e. The van der Waals surface area contributed by atoms with E-state index in [1.165, 1.54) is 11.3 Å². The Morgan fingerprint density at radius 3 is 2.56 bits per heavy atom. The van der Waals surface area contributed by atoms with Crippen molar-refractivity contribution in [2.75, 3.05) is 0 Å². The number of thiazole rings is 1. The summed E-state index contributed by atoms with van der Waals surface area (Å²) in [5.41, 5.74) is 2.77. The Hall–Kier alpha value is -2.20. The van der Waals surface area contributed by atoms with E-state index in [0.29, 0.717) is 0 Å². The summed E-state index contributed by atoms with van der Waals surface area (Å²) in [5, 5.41) is 9.13. The Labute approximate surface area is 107 Å². The topological polar surface area (TPSA) is 50.2 Å². The van der Waals surface area contributed by atoms with Gasteiger partial charge in [0.05, 0.1) is 10.2 Å². The van der Waals surface area contributed by atoms with E-state index in [1.54, 1.807) is 0 Å². The van der Waals surface area contributed by atoms with Crippen LogP contribution >= 0.6 is 11.3 Å². The number of carboxylic acids is 1. The van der Waals surface area contributed by atoms with Crippen LogP contribution < -0.4 is 0 Å². The van der Waals surface area contributed by atoms with Crippen LogP contribution in [0.4, 0.5) is 0 Å². The zero-order chi connectivity index (χ0) is 12.5. The van der Waals surface area contributed by atoms with Gasteiger partial charge in [-0.3, -0.25) is 0 Å². The molecule has 0 saturated heterocycles. The first-order valence-electron chi connectivity index (χ1n) is 5.44. The molecule has 0 radical (unpaired) electrons. The summed E-state index contributed by atoms with van der Waals surface area (Å²) in [6.07, 6.45) is 0. The third-order valence-corrected chi connectivity index (χ3v) is 3.70. The molecule has 2 aromatic carbocycles. The van der Waals surface area contributed by atoms with Gasteiger partial charge < -0.3 is 5.11 Å². The second kappa shape index (κ2) is 4.23. The lowest BCUT2D eigenvalue weighted by atomic mass is 10.1. The van der Waals surface area contributed by atoms with Crippen molar-refractivity contribution in [2.24, 2.45) is 0 Å². The van der Waals surface area contributed by atoms with E-state index in [2.05, 4.69) is 4.98 Å². The Kier molecular flexibility index (Phi) is 2.57. The molecule has 3 rings (SSSR count). The molecule has 0 aliphatic heterocycles. The molecule has 88 valence electrons. The number of rotatable bonds is 2. The highest BCUT2D eigenvalue weighted by Gasteiger charge is 2.13. The molecule has 0 amide bonds. The fourth-order valence-electron chi connectivity index (χ4n) is 1.89. The van der Waals surface area contributed by atoms with Crippen molar-refractivity contribution < 1.29 is 9.90 Å². The van der Waals surface area contributed by atoms with Crippen LogP contribution in [0, 0.1) is 0 Å². The van der Waals surface area contributed by atoms with Gasteiger partial charge in [-0.25, -0.2) is 9.78 Å². The molecule has 0 saturated carbocycles. The number of carboxylic acid groups (broad SMARTS) is 1. The maximum absolute atomic E-state index is 11.0. The van der Waals surface area contributed by atoms with Gasteiger partial charge in [0.2, 0.25) is 5.01 Å². The minimum atomic E-state index is -0.977. The summed E-state index contributed by atoms with van der Waals surface area (Å²) >= 11 is 1.20. The number of carbonyl (C=O) groups is 1. The van der Waals surface area contributed by atoms with Crippen molar-refractivity contribution in [1.29, 1.82) is 0 Å². The zero-order valence-corrected chi connectivity index (χ0v) is 10.1. The largest absolute Gasteiger partial charge is 0.476 e. The summed E-state index contributed by atoms with van der Waals surface area (Å²) in [5.74, 6) is -0.977. The van der Waals surface area contributed by atoms with Crippen LogP contribution in [0.1, 0.15) is 9.80 Å². The molecule has 1 aromatic heterocycles. The van der Waals surface area contributed by atoms with Gasteiger partial charge >= 0.3 is 5.97 Å². The van der Waals surface area contributed by atoms with Gasteiger partial charge in [0.1, 0.15) is 0 Å². The van der Waals surface area contributed by atoms with E-state index in [1.807, 2.05) is 48.5 Å². The van der Waals surface area contributed by atoms with Gasteiger partial charge in [-0.05, 0) is 11.6 Å². The van der Waals surface area contributed by atoms with Crippen molar-refractivity contribution in [3.05, 3.63) is 53.5 Å². The fourth-order valence-corrected chi connectivity index (χ4v) is 2.72. The SMILES string of the molecule is O=C(O)c1nc2c(-c3ccccc3)cccc2s1. The van der Waals surface area contributed by atoms with Crippen molar-refractivity contribution >= 4 is 27.5 Å². The Bertz CT molecular complexity index is 719. The highest BCUT2D eigenvalue weighted by Crippen LogP contribution is 2.31. The average Bonchev–Trinajstić information content (AvgIpc) is 2.83. The quantitative estimate of drug-likeness (QED) is 0.760. The standard InChI is InChI=1S/C14H9NO2S/c16-14(17)13-15-12-10(7-4-8-11(12)18-13)9-5-2-1-3-6-9/h1-8H,(H,16,17). The summed E-state index contributed by atoms with van der Waals surface area (Å²) in [6.45, 7) is 0. The fraction of sp³-hybridized carbons (Fsp3) is 0. The Balaban J connectivity index is 2.27. The lowest BCUT2D eigenvalue weighted by Crippen LogP contribution is -1.93. The van der Waals surface area contributed by atoms with Gasteiger partial charge in [0.15, 0.2) is 0 Å². The van der Waals surface area contributed by atoms with E-state index >= 15 is 0 Å². The summed E-state index contributed by atoms with van der Waals surface area (Å²) in [4.78, 5) is 15.2. The Morgan fingerprint density at radius 2 is 1.83 bits per heavy atom. The third kappa shape index (κ3) is 1.76. The molecule has 0 aliphatic carbocycles. The van der Waals surface area contributed by atoms with Crippen LogP contribution in [0.2, 0.25) is 0 Å². The smallest absolute Gasteiger partial charge is 0.365 e. The molecule has 0 spiro atoms. The van der Waals surface area contributed by atoms with E-state index in [0.717, 1.165) is 21.3 Å². The maximum atomic E-state index is 11.0. The molecule has 1 heterocycles. The molecule has 18 heavy (non-hydrogen) atoms. The highest BCUT2D eigenvalue weighted by atomic mass is 32.1. The third-order valence-electron chi connectivity index (χ3n) is 2.69. The number of hydrogen-bond donors (Lipinski definition) is 1. The molecular formula is C14H9NO2S. The Morgan fingerprint density at radius 1 is 1.06 bits per heavy atom. The van der Waals surface area contributed by atoms with Gasteiger partial charge in [-0.15, -0.1) is 11.3 Å². The minimum absolute atomic E-state index is 0.133. The van der Waals surface area contributed by atoms with Crippen LogP contribution in [0.25, 0.3) is 21.3 Å². The first-order chi connectivity index (χ1) is 8.75. The van der Waals surface area contributed by atoms with E-state index in [-0.39, 0.29) is 5.01 Å². The molecule has 3 aromatic rings. The highest BCUT2D eigenvalue weighted by molar-refractivity contribution is 7.20. The molecule has 0 aliphatic rings. The number of hydrogen-bond acceptors (Lipinski definition) is 3. The molecule has 1 N–H and O–H groups in total. The molecular weight excluding hydrogens is 246 g/mol. The lowest BCUT2D eigenvalue weighted by molar-refractivity contribution is 0.0696. The summed E-state index contributed by atoms with van der Waals surface area (Å²) < 4.78 is 0.897.